The van der Waals surface area contributed by atoms with Gasteiger partial charge in [0.2, 0.25) is 11.8 Å². The fourth-order valence-electron chi connectivity index (χ4n) is 5.68. The van der Waals surface area contributed by atoms with Crippen LogP contribution in [0.4, 0.5) is 4.39 Å². The lowest BCUT2D eigenvalue weighted by molar-refractivity contribution is -0.134. The first-order chi connectivity index (χ1) is 15.5. The Labute approximate surface area is 187 Å². The number of hydrogen-bond donors (Lipinski definition) is 2. The maximum atomic E-state index is 15.3. The molecule has 3 atom stereocenters. The van der Waals surface area contributed by atoms with E-state index < -0.39 is 12.1 Å². The largest absolute Gasteiger partial charge is 0.317 e. The maximum absolute atomic E-state index is 15.3. The third-order valence-electron chi connectivity index (χ3n) is 7.50. The minimum Gasteiger partial charge on any atom is -0.317 e. The highest BCUT2D eigenvalue weighted by Gasteiger charge is 2.34. The molecule has 0 saturated carbocycles. The lowest BCUT2D eigenvalue weighted by atomic mass is 9.86. The van der Waals surface area contributed by atoms with Crippen molar-refractivity contribution in [2.24, 2.45) is 13.0 Å². The third-order valence-corrected chi connectivity index (χ3v) is 7.50. The fourth-order valence-corrected chi connectivity index (χ4v) is 5.68. The van der Waals surface area contributed by atoms with Gasteiger partial charge in [-0.15, -0.1) is 0 Å². The Balaban J connectivity index is 1.31. The van der Waals surface area contributed by atoms with Crippen LogP contribution in [0.3, 0.4) is 0 Å². The van der Waals surface area contributed by atoms with Gasteiger partial charge in [0.05, 0.1) is 17.1 Å². The summed E-state index contributed by atoms with van der Waals surface area (Å²) in [6.07, 6.45) is 3.10. The number of alkyl halides is 1. The smallest absolute Gasteiger partial charge is 0.235 e. The van der Waals surface area contributed by atoms with Crippen LogP contribution in [0.25, 0.3) is 10.9 Å². The van der Waals surface area contributed by atoms with Gasteiger partial charge in [-0.1, -0.05) is 12.1 Å². The molecule has 1 unspecified atom stereocenters. The number of nitrogens with zero attached hydrogens (tertiary/aromatic N) is 3. The normalized spacial score (nSPS) is 28.2. The van der Waals surface area contributed by atoms with Gasteiger partial charge in [0.15, 0.2) is 0 Å². The van der Waals surface area contributed by atoms with E-state index in [1.807, 2.05) is 25.2 Å². The van der Waals surface area contributed by atoms with Crippen LogP contribution in [0.15, 0.2) is 18.2 Å². The number of carbonyl (C=O) groups excluding carboxylic acids is 2. The zero-order valence-electron chi connectivity index (χ0n) is 18.6. The number of nitrogens with one attached hydrogen (secondary N) is 2. The first kappa shape index (κ1) is 21.5. The van der Waals surface area contributed by atoms with E-state index in [4.69, 9.17) is 0 Å². The average Bonchev–Trinajstić information content (AvgIpc) is 3.10. The topological polar surface area (TPSA) is 79.3 Å². The van der Waals surface area contributed by atoms with Crippen LogP contribution >= 0.6 is 0 Å². The second-order valence-corrected chi connectivity index (χ2v) is 9.65. The molecule has 1 aromatic carbocycles. The number of rotatable bonds is 4. The molecule has 4 heterocycles. The molecule has 32 heavy (non-hydrogen) atoms. The molecule has 0 radical (unpaired) electrons. The van der Waals surface area contributed by atoms with Gasteiger partial charge in [0, 0.05) is 37.9 Å². The van der Waals surface area contributed by atoms with Crippen LogP contribution in [0.2, 0.25) is 0 Å². The van der Waals surface area contributed by atoms with Crippen molar-refractivity contribution < 1.29 is 14.0 Å². The van der Waals surface area contributed by atoms with Gasteiger partial charge in [0.1, 0.15) is 6.17 Å². The fraction of sp³-hybridized carbons (Fsp3) is 0.625. The maximum Gasteiger partial charge on any atom is 0.235 e. The van der Waals surface area contributed by atoms with Crippen LogP contribution in [0.1, 0.15) is 55.2 Å². The molecule has 1 aromatic heterocycles. The number of likely N-dealkylation sites (tertiary alicyclic amines) is 1. The summed E-state index contributed by atoms with van der Waals surface area (Å²) >= 11 is 0. The number of aryl methyl sites for hydroxylation is 1. The third kappa shape index (κ3) is 4.18. The van der Waals surface area contributed by atoms with Crippen molar-refractivity contribution in [2.45, 2.75) is 50.1 Å². The molecule has 0 aliphatic carbocycles. The number of amides is 2. The molecule has 2 aromatic rings. The van der Waals surface area contributed by atoms with E-state index in [1.54, 1.807) is 4.68 Å². The molecule has 0 spiro atoms. The minimum absolute atomic E-state index is 0.113. The summed E-state index contributed by atoms with van der Waals surface area (Å²) in [6, 6.07) is 6.02. The molecule has 3 aliphatic heterocycles. The number of imide groups is 1. The van der Waals surface area contributed by atoms with E-state index in [0.717, 1.165) is 49.1 Å². The van der Waals surface area contributed by atoms with E-state index in [9.17, 15) is 9.59 Å². The predicted octanol–water partition coefficient (Wildman–Crippen LogP) is 2.22. The van der Waals surface area contributed by atoms with Gasteiger partial charge in [-0.05, 0) is 62.9 Å². The van der Waals surface area contributed by atoms with Crippen LogP contribution in [0, 0.1) is 5.92 Å². The van der Waals surface area contributed by atoms with Crippen molar-refractivity contribution in [3.05, 3.63) is 29.5 Å². The van der Waals surface area contributed by atoms with Crippen molar-refractivity contribution in [1.29, 1.82) is 0 Å². The zero-order valence-corrected chi connectivity index (χ0v) is 18.6. The zero-order chi connectivity index (χ0) is 22.2. The molecular formula is C24H32FN5O2. The Kier molecular flexibility index (Phi) is 5.99. The molecule has 3 aliphatic rings. The van der Waals surface area contributed by atoms with Crippen molar-refractivity contribution in [1.82, 2.24) is 25.3 Å². The molecule has 5 rings (SSSR count). The molecule has 2 amide bonds. The molecule has 172 valence electrons. The summed E-state index contributed by atoms with van der Waals surface area (Å²) in [4.78, 5) is 26.2. The Morgan fingerprint density at radius 2 is 1.97 bits per heavy atom. The highest BCUT2D eigenvalue weighted by atomic mass is 19.1. The van der Waals surface area contributed by atoms with Crippen molar-refractivity contribution in [3.8, 4) is 0 Å². The van der Waals surface area contributed by atoms with Crippen molar-refractivity contribution in [2.75, 3.05) is 32.7 Å². The van der Waals surface area contributed by atoms with Gasteiger partial charge in [-0.3, -0.25) is 19.6 Å². The first-order valence-electron chi connectivity index (χ1n) is 11.9. The standard InChI is InChI=1S/C24H32FN5O2/c1-29-21-12-16(2-3-18(21)23(28-29)19-4-5-22(31)27-24(19)32)17-8-11-30(14-20(17)25)13-15-6-9-26-10-7-15/h2-3,12,15,17,19-20,26H,4-11,13-14H2,1H3,(H,27,31,32)/t17-,19?,20+/m1/s1. The van der Waals surface area contributed by atoms with E-state index in [1.165, 1.54) is 12.8 Å². The monoisotopic (exact) mass is 441 g/mol. The molecule has 0 bridgehead atoms. The van der Waals surface area contributed by atoms with Crippen LogP contribution < -0.4 is 10.6 Å². The van der Waals surface area contributed by atoms with Gasteiger partial charge in [-0.25, -0.2) is 4.39 Å². The van der Waals surface area contributed by atoms with Crippen LogP contribution in [-0.4, -0.2) is 65.4 Å². The Morgan fingerprint density at radius 1 is 1.16 bits per heavy atom. The lowest BCUT2D eigenvalue weighted by Crippen LogP contribution is -2.44. The second-order valence-electron chi connectivity index (χ2n) is 9.65. The van der Waals surface area contributed by atoms with Crippen molar-refractivity contribution in [3.63, 3.8) is 0 Å². The summed E-state index contributed by atoms with van der Waals surface area (Å²) in [7, 11) is 1.86. The molecule has 8 heteroatoms. The van der Waals surface area contributed by atoms with E-state index in [2.05, 4.69) is 20.6 Å². The van der Waals surface area contributed by atoms with Crippen LogP contribution in [-0.2, 0) is 16.6 Å². The Bertz CT molecular complexity index is 1020. The Morgan fingerprint density at radius 3 is 2.72 bits per heavy atom. The summed E-state index contributed by atoms with van der Waals surface area (Å²) < 4.78 is 17.0. The quantitative estimate of drug-likeness (QED) is 0.712. The Hall–Kier alpha value is -2.32. The average molecular weight is 442 g/mol. The van der Waals surface area contributed by atoms with Crippen molar-refractivity contribution >= 4 is 22.7 Å². The highest BCUT2D eigenvalue weighted by Crippen LogP contribution is 2.35. The summed E-state index contributed by atoms with van der Waals surface area (Å²) in [5.74, 6) is -0.368. The number of piperidine rings is 3. The van der Waals surface area contributed by atoms with E-state index in [0.29, 0.717) is 31.0 Å². The van der Waals surface area contributed by atoms with E-state index in [-0.39, 0.29) is 17.7 Å². The number of fused-ring (bicyclic) bond motifs is 1. The van der Waals surface area contributed by atoms with Gasteiger partial charge in [-0.2, -0.15) is 5.10 Å². The highest BCUT2D eigenvalue weighted by molar-refractivity contribution is 6.02. The second kappa shape index (κ2) is 8.90. The number of aromatic nitrogens is 2. The summed E-state index contributed by atoms with van der Waals surface area (Å²) in [5, 5.41) is 11.3. The number of halogens is 1. The molecule has 3 saturated heterocycles. The van der Waals surface area contributed by atoms with Gasteiger partial charge in [0.25, 0.3) is 0 Å². The SMILES string of the molecule is Cn1nc(C2CCC(=O)NC2=O)c2ccc([C@H]3CCN(CC4CCNCC4)C[C@@H]3F)cc21. The molecule has 3 fully saturated rings. The number of carbonyl (C=O) groups is 2. The number of hydrogen-bond acceptors (Lipinski definition) is 5. The summed E-state index contributed by atoms with van der Waals surface area (Å²) in [6.45, 7) is 4.59. The van der Waals surface area contributed by atoms with Gasteiger partial charge >= 0.3 is 0 Å². The first-order valence-corrected chi connectivity index (χ1v) is 11.9. The molecule has 7 nitrogen and oxygen atoms in total. The number of benzene rings is 1. The molecule has 2 N–H and O–H groups in total. The molecular weight excluding hydrogens is 409 g/mol. The lowest BCUT2D eigenvalue weighted by Gasteiger charge is -2.37. The summed E-state index contributed by atoms with van der Waals surface area (Å²) in [5.41, 5.74) is 2.61. The van der Waals surface area contributed by atoms with E-state index >= 15 is 4.39 Å². The predicted molar refractivity (Wildman–Crippen MR) is 120 cm³/mol. The van der Waals surface area contributed by atoms with Crippen LogP contribution in [0.5, 0.6) is 0 Å². The minimum atomic E-state index is -0.884. The van der Waals surface area contributed by atoms with Gasteiger partial charge < -0.3 is 10.2 Å².